The second kappa shape index (κ2) is 6.42. The first-order chi connectivity index (χ1) is 9.94. The fourth-order valence-electron chi connectivity index (χ4n) is 1.81. The van der Waals surface area contributed by atoms with Crippen molar-refractivity contribution in [2.45, 2.75) is 30.2 Å². The molecule has 0 radical (unpaired) electrons. The SMILES string of the molecule is O=C(O)c1ccc(NCCCO)c(S(=O)(=O)NC2CC2)c1. The Morgan fingerprint density at radius 2 is 2.05 bits per heavy atom. The molecule has 2 rings (SSSR count). The minimum atomic E-state index is -3.76. The largest absolute Gasteiger partial charge is 0.478 e. The van der Waals surface area contributed by atoms with Gasteiger partial charge in [-0.1, -0.05) is 0 Å². The number of carboxylic acid groups (broad SMARTS) is 1. The van der Waals surface area contributed by atoms with Crippen molar-refractivity contribution in [2.75, 3.05) is 18.5 Å². The van der Waals surface area contributed by atoms with E-state index in [0.717, 1.165) is 18.9 Å². The molecule has 0 saturated heterocycles. The van der Waals surface area contributed by atoms with Gasteiger partial charge in [0, 0.05) is 19.2 Å². The highest BCUT2D eigenvalue weighted by Gasteiger charge is 2.29. The van der Waals surface area contributed by atoms with Crippen LogP contribution in [0.15, 0.2) is 23.1 Å². The standard InChI is InChI=1S/C13H18N2O5S/c16-7-1-6-14-11-5-2-9(13(17)18)8-12(11)21(19,20)15-10-3-4-10/h2,5,8,10,14-16H,1,3-4,6-7H2,(H,17,18). The van der Waals surface area contributed by atoms with Gasteiger partial charge < -0.3 is 15.5 Å². The third-order valence-corrected chi connectivity index (χ3v) is 4.63. The summed E-state index contributed by atoms with van der Waals surface area (Å²) < 4.78 is 27.2. The molecule has 21 heavy (non-hydrogen) atoms. The van der Waals surface area contributed by atoms with Gasteiger partial charge in [-0.25, -0.2) is 17.9 Å². The van der Waals surface area contributed by atoms with Crippen LogP contribution in [0.5, 0.6) is 0 Å². The van der Waals surface area contributed by atoms with Gasteiger partial charge in [-0.2, -0.15) is 0 Å². The van der Waals surface area contributed by atoms with Crippen molar-refractivity contribution in [2.24, 2.45) is 0 Å². The molecule has 0 bridgehead atoms. The number of aliphatic hydroxyl groups is 1. The van der Waals surface area contributed by atoms with Gasteiger partial charge >= 0.3 is 5.97 Å². The summed E-state index contributed by atoms with van der Waals surface area (Å²) >= 11 is 0. The van der Waals surface area contributed by atoms with E-state index in [-0.39, 0.29) is 23.1 Å². The number of carboxylic acids is 1. The van der Waals surface area contributed by atoms with E-state index < -0.39 is 16.0 Å². The van der Waals surface area contributed by atoms with Crippen molar-refractivity contribution in [1.82, 2.24) is 4.72 Å². The minimum Gasteiger partial charge on any atom is -0.478 e. The summed E-state index contributed by atoms with van der Waals surface area (Å²) in [5.74, 6) is -1.18. The summed E-state index contributed by atoms with van der Waals surface area (Å²) in [4.78, 5) is 10.9. The number of nitrogens with one attached hydrogen (secondary N) is 2. The second-order valence-electron chi connectivity index (χ2n) is 4.92. The lowest BCUT2D eigenvalue weighted by Crippen LogP contribution is -2.27. The lowest BCUT2D eigenvalue weighted by molar-refractivity contribution is 0.0696. The van der Waals surface area contributed by atoms with Crippen LogP contribution in [0.25, 0.3) is 0 Å². The first kappa shape index (κ1) is 15.7. The molecule has 7 nitrogen and oxygen atoms in total. The number of aromatic carboxylic acids is 1. The number of aliphatic hydroxyl groups excluding tert-OH is 1. The van der Waals surface area contributed by atoms with E-state index in [4.69, 9.17) is 10.2 Å². The normalized spacial score (nSPS) is 14.9. The molecule has 1 aromatic carbocycles. The van der Waals surface area contributed by atoms with Crippen LogP contribution in [0.4, 0.5) is 5.69 Å². The van der Waals surface area contributed by atoms with Crippen molar-refractivity contribution < 1.29 is 23.4 Å². The molecule has 1 saturated carbocycles. The van der Waals surface area contributed by atoms with E-state index in [1.165, 1.54) is 12.1 Å². The molecule has 0 aliphatic heterocycles. The molecular weight excluding hydrogens is 296 g/mol. The summed E-state index contributed by atoms with van der Waals surface area (Å²) in [5.41, 5.74) is 0.250. The average molecular weight is 314 g/mol. The van der Waals surface area contributed by atoms with Crippen LogP contribution in [-0.4, -0.2) is 43.8 Å². The summed E-state index contributed by atoms with van der Waals surface area (Å²) in [6, 6.07) is 3.87. The van der Waals surface area contributed by atoms with E-state index in [0.29, 0.717) is 18.7 Å². The predicted octanol–water partition coefficient (Wildman–Crippen LogP) is 0.620. The fraction of sp³-hybridized carbons (Fsp3) is 0.462. The zero-order valence-electron chi connectivity index (χ0n) is 11.4. The highest BCUT2D eigenvalue weighted by molar-refractivity contribution is 7.89. The van der Waals surface area contributed by atoms with Crippen LogP contribution >= 0.6 is 0 Å². The first-order valence-electron chi connectivity index (χ1n) is 6.68. The van der Waals surface area contributed by atoms with Crippen molar-refractivity contribution in [1.29, 1.82) is 0 Å². The fourth-order valence-corrected chi connectivity index (χ4v) is 3.32. The highest BCUT2D eigenvalue weighted by atomic mass is 32.2. The van der Waals surface area contributed by atoms with Gasteiger partial charge in [0.1, 0.15) is 4.90 Å². The maximum Gasteiger partial charge on any atom is 0.335 e. The van der Waals surface area contributed by atoms with Crippen molar-refractivity contribution in [3.63, 3.8) is 0 Å². The number of anilines is 1. The predicted molar refractivity (Wildman–Crippen MR) is 76.9 cm³/mol. The molecule has 0 unspecified atom stereocenters. The topological polar surface area (TPSA) is 116 Å². The van der Waals surface area contributed by atoms with Crippen molar-refractivity contribution in [3.8, 4) is 0 Å². The van der Waals surface area contributed by atoms with Crippen molar-refractivity contribution >= 4 is 21.7 Å². The third-order valence-electron chi connectivity index (χ3n) is 3.07. The number of rotatable bonds is 8. The van der Waals surface area contributed by atoms with E-state index in [2.05, 4.69) is 10.0 Å². The Morgan fingerprint density at radius 3 is 2.62 bits per heavy atom. The zero-order chi connectivity index (χ0) is 15.5. The van der Waals surface area contributed by atoms with Gasteiger partial charge in [-0.15, -0.1) is 0 Å². The Bertz CT molecular complexity index is 625. The second-order valence-corrected chi connectivity index (χ2v) is 6.60. The van der Waals surface area contributed by atoms with Crippen LogP contribution in [0.1, 0.15) is 29.6 Å². The van der Waals surface area contributed by atoms with Gasteiger partial charge in [0.15, 0.2) is 0 Å². The lowest BCUT2D eigenvalue weighted by atomic mass is 10.2. The molecule has 8 heteroatoms. The van der Waals surface area contributed by atoms with Crippen LogP contribution in [0, 0.1) is 0 Å². The molecule has 1 aliphatic carbocycles. The summed E-state index contributed by atoms with van der Waals surface area (Å²) in [7, 11) is -3.76. The maximum atomic E-state index is 12.3. The van der Waals surface area contributed by atoms with Gasteiger partial charge in [0.25, 0.3) is 0 Å². The van der Waals surface area contributed by atoms with E-state index in [9.17, 15) is 13.2 Å². The van der Waals surface area contributed by atoms with Gasteiger partial charge in [0.2, 0.25) is 10.0 Å². The molecule has 0 spiro atoms. The first-order valence-corrected chi connectivity index (χ1v) is 8.17. The van der Waals surface area contributed by atoms with Crippen LogP contribution < -0.4 is 10.0 Å². The Kier molecular flexibility index (Phi) is 4.81. The monoisotopic (exact) mass is 314 g/mol. The van der Waals surface area contributed by atoms with E-state index in [1.54, 1.807) is 0 Å². The number of sulfonamides is 1. The van der Waals surface area contributed by atoms with Crippen LogP contribution in [-0.2, 0) is 10.0 Å². The third kappa shape index (κ3) is 4.16. The number of hydrogen-bond donors (Lipinski definition) is 4. The Morgan fingerprint density at radius 1 is 1.33 bits per heavy atom. The number of carbonyl (C=O) groups is 1. The van der Waals surface area contributed by atoms with Gasteiger partial charge in [0.05, 0.1) is 11.3 Å². The highest BCUT2D eigenvalue weighted by Crippen LogP contribution is 2.27. The Hall–Kier alpha value is -1.64. The number of hydrogen-bond acceptors (Lipinski definition) is 5. The Labute approximate surface area is 123 Å². The number of benzene rings is 1. The summed E-state index contributed by atoms with van der Waals surface area (Å²) in [5, 5.41) is 20.7. The Balaban J connectivity index is 2.32. The van der Waals surface area contributed by atoms with E-state index >= 15 is 0 Å². The molecule has 1 fully saturated rings. The van der Waals surface area contributed by atoms with E-state index in [1.807, 2.05) is 0 Å². The van der Waals surface area contributed by atoms with Crippen LogP contribution in [0.2, 0.25) is 0 Å². The smallest absolute Gasteiger partial charge is 0.335 e. The molecule has 0 atom stereocenters. The lowest BCUT2D eigenvalue weighted by Gasteiger charge is -2.13. The summed E-state index contributed by atoms with van der Waals surface area (Å²) in [6.07, 6.45) is 2.06. The molecule has 0 aromatic heterocycles. The molecule has 0 heterocycles. The van der Waals surface area contributed by atoms with Gasteiger partial charge in [-0.3, -0.25) is 0 Å². The molecule has 1 aliphatic rings. The minimum absolute atomic E-state index is 0.0113. The maximum absolute atomic E-state index is 12.3. The molecule has 4 N–H and O–H groups in total. The molecular formula is C13H18N2O5S. The quantitative estimate of drug-likeness (QED) is 0.523. The van der Waals surface area contributed by atoms with Gasteiger partial charge in [-0.05, 0) is 37.5 Å². The summed E-state index contributed by atoms with van der Waals surface area (Å²) in [6.45, 7) is 0.386. The molecule has 0 amide bonds. The zero-order valence-corrected chi connectivity index (χ0v) is 12.2. The van der Waals surface area contributed by atoms with Crippen molar-refractivity contribution in [3.05, 3.63) is 23.8 Å². The molecule has 1 aromatic rings. The van der Waals surface area contributed by atoms with Crippen LogP contribution in [0.3, 0.4) is 0 Å². The average Bonchev–Trinajstić information content (AvgIpc) is 3.22. The molecule has 116 valence electrons.